The Kier molecular flexibility index (Phi) is 10.1. The summed E-state index contributed by atoms with van der Waals surface area (Å²) in [5, 5.41) is 7.66. The molecule has 268 valence electrons. The summed E-state index contributed by atoms with van der Waals surface area (Å²) in [6.07, 6.45) is 11.4. The number of hydrogen-bond donors (Lipinski definition) is 3. The Morgan fingerprint density at radius 3 is 2.39 bits per heavy atom. The van der Waals surface area contributed by atoms with Gasteiger partial charge >= 0.3 is 6.03 Å². The number of carbonyl (C=O) groups is 2. The number of benzene rings is 2. The smallest absolute Gasteiger partial charge is 0.328 e. The summed E-state index contributed by atoms with van der Waals surface area (Å²) in [7, 11) is 0. The lowest BCUT2D eigenvalue weighted by Gasteiger charge is -2.38. The van der Waals surface area contributed by atoms with Gasteiger partial charge in [0.05, 0.1) is 16.9 Å². The van der Waals surface area contributed by atoms with Gasteiger partial charge in [0, 0.05) is 85.8 Å². The number of rotatable bonds is 10. The Morgan fingerprint density at radius 2 is 1.59 bits per heavy atom. The van der Waals surface area contributed by atoms with Gasteiger partial charge in [0.25, 0.3) is 0 Å². The summed E-state index contributed by atoms with van der Waals surface area (Å²) in [4.78, 5) is 45.8. The molecule has 0 spiro atoms. The molecule has 4 fully saturated rings. The minimum absolute atomic E-state index is 0.204. The summed E-state index contributed by atoms with van der Waals surface area (Å²) in [5.74, 6) is 2.00. The number of para-hydroxylation sites is 1. The van der Waals surface area contributed by atoms with E-state index in [-0.39, 0.29) is 11.9 Å². The molecule has 3 N–H and O–H groups in total. The number of nitrogens with one attached hydrogen (secondary N) is 3. The molecular weight excluding hydrogens is 662 g/mol. The summed E-state index contributed by atoms with van der Waals surface area (Å²) in [6.45, 7) is 9.53. The first-order valence-electron chi connectivity index (χ1n) is 18.7. The maximum absolute atomic E-state index is 12.2. The molecule has 0 aliphatic carbocycles. The molecular formula is C39H48ClN9O2. The number of carbonyl (C=O) groups excluding carboxylic acids is 2. The van der Waals surface area contributed by atoms with Crippen LogP contribution in [0.3, 0.4) is 0 Å². The predicted molar refractivity (Wildman–Crippen MR) is 203 cm³/mol. The van der Waals surface area contributed by atoms with Crippen LogP contribution in [-0.4, -0.2) is 102 Å². The Labute approximate surface area is 304 Å². The van der Waals surface area contributed by atoms with E-state index in [0.29, 0.717) is 30.0 Å². The van der Waals surface area contributed by atoms with Crippen LogP contribution >= 0.6 is 11.6 Å². The summed E-state index contributed by atoms with van der Waals surface area (Å²) in [5.41, 5.74) is 4.87. The van der Waals surface area contributed by atoms with Gasteiger partial charge < -0.3 is 25.0 Å². The van der Waals surface area contributed by atoms with Crippen LogP contribution in [0.5, 0.6) is 0 Å². The van der Waals surface area contributed by atoms with Crippen molar-refractivity contribution in [3.05, 3.63) is 65.9 Å². The molecule has 0 bridgehead atoms. The fourth-order valence-corrected chi connectivity index (χ4v) is 8.64. The Bertz CT molecular complexity index is 1830. The SMILES string of the molecule is O=C1CCN(c2ccc(N3CCC(CN4CCC(CCN5CC[C@@H](Nc6ncc(Cl)c(-c7c[nH]c8ccccc78)n6)C5)CC4)CC3)cc2)C(=O)N1. The molecule has 4 aliphatic heterocycles. The molecule has 3 amide bonds. The van der Waals surface area contributed by atoms with Crippen LogP contribution in [0.25, 0.3) is 22.2 Å². The van der Waals surface area contributed by atoms with E-state index < -0.39 is 0 Å². The number of amides is 3. The topological polar surface area (TPSA) is 113 Å². The number of aromatic amines is 1. The minimum Gasteiger partial charge on any atom is -0.372 e. The summed E-state index contributed by atoms with van der Waals surface area (Å²) < 4.78 is 0. The van der Waals surface area contributed by atoms with E-state index in [1.807, 2.05) is 30.5 Å². The lowest BCUT2D eigenvalue weighted by molar-refractivity contribution is -0.120. The number of H-pyrrole nitrogens is 1. The fourth-order valence-electron chi connectivity index (χ4n) is 8.44. The predicted octanol–water partition coefficient (Wildman–Crippen LogP) is 6.23. The average Bonchev–Trinajstić information content (AvgIpc) is 3.80. The van der Waals surface area contributed by atoms with Crippen molar-refractivity contribution in [1.82, 2.24) is 30.1 Å². The monoisotopic (exact) mass is 709 g/mol. The van der Waals surface area contributed by atoms with Crippen molar-refractivity contribution in [3.63, 3.8) is 0 Å². The number of piperidine rings is 2. The number of hydrogen-bond acceptors (Lipinski definition) is 8. The largest absolute Gasteiger partial charge is 0.372 e. The van der Waals surface area contributed by atoms with E-state index in [2.05, 4.69) is 59.6 Å². The Hall–Kier alpha value is -4.19. The highest BCUT2D eigenvalue weighted by Gasteiger charge is 2.28. The van der Waals surface area contributed by atoms with E-state index >= 15 is 0 Å². The number of nitrogens with zero attached hydrogens (tertiary/aromatic N) is 6. The van der Waals surface area contributed by atoms with Crippen molar-refractivity contribution < 1.29 is 9.59 Å². The number of likely N-dealkylation sites (tertiary alicyclic amines) is 2. The third kappa shape index (κ3) is 7.85. The first-order valence-corrected chi connectivity index (χ1v) is 19.1. The van der Waals surface area contributed by atoms with Crippen molar-refractivity contribution in [2.45, 2.75) is 51.0 Å². The zero-order valence-electron chi connectivity index (χ0n) is 29.2. The maximum atomic E-state index is 12.2. The van der Waals surface area contributed by atoms with Crippen LogP contribution in [0.2, 0.25) is 5.02 Å². The van der Waals surface area contributed by atoms with Gasteiger partial charge in [-0.25, -0.2) is 14.8 Å². The number of aromatic nitrogens is 3. The van der Waals surface area contributed by atoms with E-state index in [1.165, 1.54) is 57.4 Å². The van der Waals surface area contributed by atoms with Gasteiger partial charge in [0.15, 0.2) is 0 Å². The van der Waals surface area contributed by atoms with Crippen LogP contribution in [-0.2, 0) is 4.79 Å². The highest BCUT2D eigenvalue weighted by molar-refractivity contribution is 6.33. The summed E-state index contributed by atoms with van der Waals surface area (Å²) >= 11 is 6.56. The fraction of sp³-hybridized carbons (Fsp3) is 0.487. The molecule has 6 heterocycles. The van der Waals surface area contributed by atoms with Gasteiger partial charge in [-0.05, 0) is 100 Å². The van der Waals surface area contributed by atoms with Gasteiger partial charge in [0.1, 0.15) is 0 Å². The summed E-state index contributed by atoms with van der Waals surface area (Å²) in [6, 6.07) is 16.4. The lowest BCUT2D eigenvalue weighted by atomic mass is 9.91. The van der Waals surface area contributed by atoms with Crippen LogP contribution < -0.4 is 20.4 Å². The Balaban J connectivity index is 0.736. The molecule has 4 aliphatic rings. The number of halogens is 1. The average molecular weight is 710 g/mol. The quantitative estimate of drug-likeness (QED) is 0.178. The molecule has 0 saturated carbocycles. The second-order valence-electron chi connectivity index (χ2n) is 14.8. The first kappa shape index (κ1) is 33.9. The molecule has 4 aromatic rings. The van der Waals surface area contributed by atoms with Gasteiger partial charge in [-0.3, -0.25) is 15.0 Å². The number of fused-ring (bicyclic) bond motifs is 1. The Morgan fingerprint density at radius 1 is 0.843 bits per heavy atom. The second-order valence-corrected chi connectivity index (χ2v) is 15.2. The van der Waals surface area contributed by atoms with Crippen molar-refractivity contribution in [1.29, 1.82) is 0 Å². The van der Waals surface area contributed by atoms with E-state index in [1.54, 1.807) is 11.1 Å². The zero-order valence-corrected chi connectivity index (χ0v) is 30.0. The molecule has 12 heteroatoms. The van der Waals surface area contributed by atoms with Crippen molar-refractivity contribution in [2.75, 3.05) is 74.0 Å². The van der Waals surface area contributed by atoms with Gasteiger partial charge in [-0.15, -0.1) is 0 Å². The molecule has 51 heavy (non-hydrogen) atoms. The molecule has 2 aromatic carbocycles. The molecule has 0 radical (unpaired) electrons. The van der Waals surface area contributed by atoms with Crippen LogP contribution in [0.1, 0.15) is 44.9 Å². The minimum atomic E-state index is -0.333. The maximum Gasteiger partial charge on any atom is 0.328 e. The molecule has 1 atom stereocenters. The number of anilines is 3. The van der Waals surface area contributed by atoms with Gasteiger partial charge in [-0.2, -0.15) is 0 Å². The van der Waals surface area contributed by atoms with Gasteiger partial charge in [-0.1, -0.05) is 29.8 Å². The van der Waals surface area contributed by atoms with Crippen LogP contribution in [0.4, 0.5) is 22.1 Å². The molecule has 11 nitrogen and oxygen atoms in total. The van der Waals surface area contributed by atoms with Crippen molar-refractivity contribution in [2.24, 2.45) is 11.8 Å². The van der Waals surface area contributed by atoms with Gasteiger partial charge in [0.2, 0.25) is 11.9 Å². The lowest BCUT2D eigenvalue weighted by Crippen LogP contribution is -2.49. The van der Waals surface area contributed by atoms with E-state index in [9.17, 15) is 9.59 Å². The standard InChI is InChI=1S/C39H48ClN9O2/c40-34-24-42-38(45-37(34)33-23-41-35-4-2-1-3-32(33)35)43-29-14-19-47(26-29)18-11-27-9-16-46(17-10-27)25-28-12-20-48(21-13-28)30-5-7-31(8-6-30)49-22-15-36(50)44-39(49)51/h1-8,23-24,27-29,41H,9-22,25-26H2,(H,42,43,45)(H,44,50,51)/t29-/m1/s1. The van der Waals surface area contributed by atoms with Crippen molar-refractivity contribution >= 4 is 51.8 Å². The highest BCUT2D eigenvalue weighted by atomic mass is 35.5. The first-order chi connectivity index (χ1) is 24.9. The molecule has 2 aromatic heterocycles. The highest BCUT2D eigenvalue weighted by Crippen LogP contribution is 2.33. The molecule has 0 unspecified atom stereocenters. The molecule has 4 saturated heterocycles. The third-order valence-electron chi connectivity index (χ3n) is 11.5. The second kappa shape index (κ2) is 15.2. The third-order valence-corrected chi connectivity index (χ3v) is 11.7. The molecule has 8 rings (SSSR count). The van der Waals surface area contributed by atoms with Crippen molar-refractivity contribution in [3.8, 4) is 11.3 Å². The van der Waals surface area contributed by atoms with Crippen LogP contribution in [0, 0.1) is 11.8 Å². The number of urea groups is 1. The van der Waals surface area contributed by atoms with Crippen LogP contribution in [0.15, 0.2) is 60.9 Å². The zero-order chi connectivity index (χ0) is 34.7. The number of imide groups is 1. The van der Waals surface area contributed by atoms with E-state index in [0.717, 1.165) is 78.8 Å². The van der Waals surface area contributed by atoms with E-state index in [4.69, 9.17) is 16.6 Å². The normalized spacial score (nSPS) is 21.5.